The van der Waals surface area contributed by atoms with Crippen LogP contribution in [0.5, 0.6) is 0 Å². The molecule has 2 aromatic heterocycles. The first-order chi connectivity index (χ1) is 16.3. The molecule has 3 aliphatic rings. The summed E-state index contributed by atoms with van der Waals surface area (Å²) in [6.45, 7) is 4.26. The van der Waals surface area contributed by atoms with Crippen LogP contribution in [0.25, 0.3) is 0 Å². The monoisotopic (exact) mass is 492 g/mol. The Morgan fingerprint density at radius 3 is 2.65 bits per heavy atom. The average Bonchev–Trinajstić information content (AvgIpc) is 3.39. The van der Waals surface area contributed by atoms with Gasteiger partial charge in [-0.1, -0.05) is 0 Å². The van der Waals surface area contributed by atoms with E-state index in [0.29, 0.717) is 55.0 Å². The number of alkyl halides is 3. The Labute approximate surface area is 198 Å². The minimum Gasteiger partial charge on any atom is -0.344 e. The van der Waals surface area contributed by atoms with Gasteiger partial charge in [0, 0.05) is 25.0 Å². The van der Waals surface area contributed by atoms with Gasteiger partial charge in [0.05, 0.1) is 17.9 Å². The molecular weight excluding hydrogens is 468 g/mol. The summed E-state index contributed by atoms with van der Waals surface area (Å²) in [4.78, 5) is 9.38. The van der Waals surface area contributed by atoms with Crippen LogP contribution in [0.4, 0.5) is 28.5 Å². The van der Waals surface area contributed by atoms with Crippen LogP contribution in [0.2, 0.25) is 0 Å². The number of anilines is 2. The van der Waals surface area contributed by atoms with Crippen molar-refractivity contribution in [2.45, 2.75) is 57.3 Å². The minimum absolute atomic E-state index is 0.300. The van der Waals surface area contributed by atoms with E-state index in [0.717, 1.165) is 42.6 Å². The molecule has 2 unspecified atom stereocenters. The zero-order valence-electron chi connectivity index (χ0n) is 18.6. The zero-order chi connectivity index (χ0) is 23.6. The van der Waals surface area contributed by atoms with Crippen molar-refractivity contribution >= 4 is 22.5 Å². The zero-order valence-corrected chi connectivity index (χ0v) is 19.4. The highest BCUT2D eigenvalue weighted by Gasteiger charge is 2.43. The molecule has 3 aromatic rings. The van der Waals surface area contributed by atoms with Gasteiger partial charge in [-0.3, -0.25) is 0 Å². The van der Waals surface area contributed by atoms with Crippen LogP contribution in [0.1, 0.15) is 54.2 Å². The van der Waals surface area contributed by atoms with Gasteiger partial charge in [0.15, 0.2) is 0 Å². The number of fused-ring (bicyclic) bond motifs is 2. The van der Waals surface area contributed by atoms with Crippen molar-refractivity contribution in [2.75, 3.05) is 23.0 Å². The molecule has 0 amide bonds. The number of benzene rings is 1. The van der Waals surface area contributed by atoms with Crippen LogP contribution >= 0.6 is 11.5 Å². The van der Waals surface area contributed by atoms with E-state index in [9.17, 15) is 17.6 Å². The number of nitrogens with zero attached hydrogens (tertiary/aromatic N) is 6. The topological polar surface area (TPSA) is 50.1 Å². The molecule has 6 rings (SSSR count). The standard InChI is InChI=1S/C23H24F4N6S/c1-13-7-20(34-30-13)31-11-14-4-5-19(14)32(12-31)22-28-21-18(3-2-6-33(21)29-22)15-8-16(23(25,26)27)10-17(24)9-15/h7-10,14,18-19H,2-6,11-12H2,1H3/t14?,18?,19-/m1/s1. The van der Waals surface area contributed by atoms with Crippen LogP contribution < -0.4 is 9.80 Å². The fraction of sp³-hybridized carbons (Fsp3) is 0.522. The highest BCUT2D eigenvalue weighted by molar-refractivity contribution is 7.10. The Balaban J connectivity index is 1.33. The summed E-state index contributed by atoms with van der Waals surface area (Å²) < 4.78 is 60.3. The van der Waals surface area contributed by atoms with E-state index < -0.39 is 23.5 Å². The van der Waals surface area contributed by atoms with E-state index in [1.807, 2.05) is 6.92 Å². The van der Waals surface area contributed by atoms with E-state index >= 15 is 0 Å². The van der Waals surface area contributed by atoms with Crippen molar-refractivity contribution in [3.05, 3.63) is 52.7 Å². The highest BCUT2D eigenvalue weighted by atomic mass is 32.1. The molecule has 11 heteroatoms. The molecule has 0 bridgehead atoms. The van der Waals surface area contributed by atoms with Gasteiger partial charge in [0.25, 0.3) is 0 Å². The van der Waals surface area contributed by atoms with Gasteiger partial charge in [0.2, 0.25) is 5.95 Å². The lowest BCUT2D eigenvalue weighted by Crippen LogP contribution is -2.60. The number of hydrogen-bond acceptors (Lipinski definition) is 6. The first-order valence-corrected chi connectivity index (χ1v) is 12.3. The second-order valence-corrected chi connectivity index (χ2v) is 10.3. The summed E-state index contributed by atoms with van der Waals surface area (Å²) in [5.74, 6) is 0.432. The smallest absolute Gasteiger partial charge is 0.344 e. The fourth-order valence-electron chi connectivity index (χ4n) is 5.43. The second kappa shape index (κ2) is 7.93. The molecule has 2 fully saturated rings. The third kappa shape index (κ3) is 3.73. The fourth-order valence-corrected chi connectivity index (χ4v) is 6.19. The lowest BCUT2D eigenvalue weighted by molar-refractivity contribution is -0.137. The van der Waals surface area contributed by atoms with Crippen molar-refractivity contribution in [1.82, 2.24) is 19.1 Å². The van der Waals surface area contributed by atoms with Crippen molar-refractivity contribution < 1.29 is 17.6 Å². The average molecular weight is 493 g/mol. The van der Waals surface area contributed by atoms with E-state index in [1.54, 1.807) is 4.68 Å². The van der Waals surface area contributed by atoms with E-state index in [4.69, 9.17) is 10.1 Å². The number of hydrogen-bond donors (Lipinski definition) is 0. The van der Waals surface area contributed by atoms with Crippen molar-refractivity contribution in [1.29, 1.82) is 0 Å². The number of halogens is 4. The first kappa shape index (κ1) is 21.8. The Hall–Kier alpha value is -2.69. The van der Waals surface area contributed by atoms with Crippen LogP contribution in [0.3, 0.4) is 0 Å². The van der Waals surface area contributed by atoms with Crippen LogP contribution in [0, 0.1) is 18.7 Å². The summed E-state index contributed by atoms with van der Waals surface area (Å²) in [5, 5.41) is 5.89. The molecule has 34 heavy (non-hydrogen) atoms. The quantitative estimate of drug-likeness (QED) is 0.471. The molecule has 180 valence electrons. The molecule has 2 aliphatic heterocycles. The molecule has 1 saturated carbocycles. The molecule has 1 aromatic carbocycles. The van der Waals surface area contributed by atoms with Gasteiger partial charge in [-0.05, 0) is 79.9 Å². The number of aryl methyl sites for hydroxylation is 2. The molecule has 1 saturated heterocycles. The summed E-state index contributed by atoms with van der Waals surface area (Å²) in [5.41, 5.74) is 0.325. The Morgan fingerprint density at radius 2 is 1.94 bits per heavy atom. The molecule has 4 heterocycles. The first-order valence-electron chi connectivity index (χ1n) is 11.5. The van der Waals surface area contributed by atoms with E-state index in [1.165, 1.54) is 17.6 Å². The third-order valence-electron chi connectivity index (χ3n) is 7.25. The van der Waals surface area contributed by atoms with Gasteiger partial charge in [-0.15, -0.1) is 5.10 Å². The minimum atomic E-state index is -4.60. The molecule has 3 atom stereocenters. The summed E-state index contributed by atoms with van der Waals surface area (Å²) >= 11 is 1.49. The summed E-state index contributed by atoms with van der Waals surface area (Å²) in [6, 6.07) is 5.24. The molecule has 1 aliphatic carbocycles. The predicted octanol–water partition coefficient (Wildman–Crippen LogP) is 5.19. The Kier molecular flexibility index (Phi) is 5.09. The van der Waals surface area contributed by atoms with Crippen molar-refractivity contribution in [3.8, 4) is 0 Å². The predicted molar refractivity (Wildman–Crippen MR) is 121 cm³/mol. The van der Waals surface area contributed by atoms with Crippen LogP contribution in [-0.4, -0.2) is 38.4 Å². The lowest BCUT2D eigenvalue weighted by atomic mass is 9.77. The molecule has 6 nitrogen and oxygen atoms in total. The SMILES string of the molecule is Cc1cc(N2CC3CC[C@H]3N(c3nc4n(n3)CCCC4c3cc(F)cc(C(F)(F)F)c3)C2)sn1. The van der Waals surface area contributed by atoms with E-state index in [2.05, 4.69) is 20.2 Å². The largest absolute Gasteiger partial charge is 0.416 e. The Bertz CT molecular complexity index is 1220. The van der Waals surface area contributed by atoms with Crippen LogP contribution in [0.15, 0.2) is 24.3 Å². The molecule has 0 radical (unpaired) electrons. The molecular formula is C23H24F4N6S. The Morgan fingerprint density at radius 1 is 1.09 bits per heavy atom. The van der Waals surface area contributed by atoms with Crippen molar-refractivity contribution in [3.63, 3.8) is 0 Å². The maximum atomic E-state index is 14.1. The molecule has 0 N–H and O–H groups in total. The summed E-state index contributed by atoms with van der Waals surface area (Å²) in [6.07, 6.45) is -1.02. The lowest BCUT2D eigenvalue weighted by Gasteiger charge is -2.52. The third-order valence-corrected chi connectivity index (χ3v) is 8.20. The highest BCUT2D eigenvalue weighted by Crippen LogP contribution is 2.42. The molecule has 0 spiro atoms. The number of rotatable bonds is 3. The normalized spacial score (nSPS) is 24.6. The summed E-state index contributed by atoms with van der Waals surface area (Å²) in [7, 11) is 0. The van der Waals surface area contributed by atoms with E-state index in [-0.39, 0.29) is 0 Å². The van der Waals surface area contributed by atoms with Gasteiger partial charge in [0.1, 0.15) is 16.6 Å². The van der Waals surface area contributed by atoms with Crippen molar-refractivity contribution in [2.24, 2.45) is 5.92 Å². The van der Waals surface area contributed by atoms with Gasteiger partial charge in [-0.2, -0.15) is 22.5 Å². The van der Waals surface area contributed by atoms with Gasteiger partial charge < -0.3 is 9.80 Å². The van der Waals surface area contributed by atoms with Gasteiger partial charge in [-0.25, -0.2) is 9.07 Å². The maximum absolute atomic E-state index is 14.1. The van der Waals surface area contributed by atoms with Gasteiger partial charge >= 0.3 is 6.18 Å². The number of aromatic nitrogens is 4. The van der Waals surface area contributed by atoms with Crippen LogP contribution in [-0.2, 0) is 12.7 Å². The second-order valence-electron chi connectivity index (χ2n) is 9.50. The maximum Gasteiger partial charge on any atom is 0.416 e.